The first kappa shape index (κ1) is 15.0. The van der Waals surface area contributed by atoms with Crippen molar-refractivity contribution in [3.8, 4) is 6.07 Å². The van der Waals surface area contributed by atoms with E-state index in [1.807, 2.05) is 4.90 Å². The molecule has 2 saturated heterocycles. The molecule has 2 heterocycles. The molecule has 0 spiro atoms. The highest BCUT2D eigenvalue weighted by atomic mass is 19.1. The summed E-state index contributed by atoms with van der Waals surface area (Å²) in [7, 11) is 0. The number of ether oxygens (including phenoxy) is 1. The number of halogens is 1. The van der Waals surface area contributed by atoms with Gasteiger partial charge in [-0.3, -0.25) is 4.79 Å². The molecule has 2 aliphatic rings. The minimum Gasteiger partial charge on any atom is -0.377 e. The Hall–Kier alpha value is -1.93. The van der Waals surface area contributed by atoms with Gasteiger partial charge in [0.1, 0.15) is 5.82 Å². The number of nitrogens with zero attached hydrogens (tertiary/aromatic N) is 2. The van der Waals surface area contributed by atoms with Crippen molar-refractivity contribution >= 4 is 5.91 Å². The minimum atomic E-state index is -0.968. The molecule has 1 amide bonds. The lowest BCUT2D eigenvalue weighted by Gasteiger charge is -2.35. The second-order valence-corrected chi connectivity index (χ2v) is 6.57. The quantitative estimate of drug-likeness (QED) is 0.844. The van der Waals surface area contributed by atoms with Gasteiger partial charge in [0.05, 0.1) is 36.8 Å². The van der Waals surface area contributed by atoms with E-state index in [1.54, 1.807) is 13.8 Å². The molecular formula is C17H19FN2O2. The molecule has 5 heteroatoms. The van der Waals surface area contributed by atoms with E-state index in [0.717, 1.165) is 12.8 Å². The molecule has 1 aromatic rings. The first-order valence-corrected chi connectivity index (χ1v) is 7.56. The number of hydrogen-bond acceptors (Lipinski definition) is 3. The lowest BCUT2D eigenvalue weighted by molar-refractivity contribution is -0.00716. The predicted molar refractivity (Wildman–Crippen MR) is 78.8 cm³/mol. The van der Waals surface area contributed by atoms with Crippen molar-refractivity contribution in [2.24, 2.45) is 0 Å². The van der Waals surface area contributed by atoms with Gasteiger partial charge < -0.3 is 9.64 Å². The Labute approximate surface area is 129 Å². The molecule has 2 bridgehead atoms. The molecule has 4 nitrogen and oxygen atoms in total. The number of rotatable bonds is 2. The highest BCUT2D eigenvalue weighted by molar-refractivity contribution is 5.95. The van der Waals surface area contributed by atoms with Gasteiger partial charge in [-0.2, -0.15) is 5.26 Å². The molecule has 2 atom stereocenters. The third-order valence-corrected chi connectivity index (χ3v) is 4.64. The van der Waals surface area contributed by atoms with Crippen LogP contribution in [0.2, 0.25) is 0 Å². The molecule has 22 heavy (non-hydrogen) atoms. The Morgan fingerprint density at radius 1 is 1.36 bits per heavy atom. The molecule has 0 saturated carbocycles. The van der Waals surface area contributed by atoms with E-state index in [-0.39, 0.29) is 23.6 Å². The number of amides is 1. The summed E-state index contributed by atoms with van der Waals surface area (Å²) < 4.78 is 19.5. The van der Waals surface area contributed by atoms with Gasteiger partial charge in [0.2, 0.25) is 0 Å². The van der Waals surface area contributed by atoms with Crippen LogP contribution in [0.3, 0.4) is 0 Å². The molecule has 0 aromatic heterocycles. The maximum atomic E-state index is 14.0. The Kier molecular flexibility index (Phi) is 3.65. The van der Waals surface area contributed by atoms with Crippen LogP contribution in [0.25, 0.3) is 0 Å². The second-order valence-electron chi connectivity index (χ2n) is 6.57. The number of morpholine rings is 1. The van der Waals surface area contributed by atoms with Crippen molar-refractivity contribution < 1.29 is 13.9 Å². The predicted octanol–water partition coefficient (Wildman–Crippen LogP) is 2.63. The second kappa shape index (κ2) is 5.36. The third kappa shape index (κ3) is 2.38. The summed E-state index contributed by atoms with van der Waals surface area (Å²) in [6.07, 6.45) is 1.91. The first-order valence-electron chi connectivity index (χ1n) is 7.56. The van der Waals surface area contributed by atoms with E-state index in [2.05, 4.69) is 6.07 Å². The Bertz CT molecular complexity index is 635. The maximum absolute atomic E-state index is 14.0. The largest absolute Gasteiger partial charge is 0.377 e. The van der Waals surface area contributed by atoms with Crippen molar-refractivity contribution in [1.29, 1.82) is 5.26 Å². The first-order chi connectivity index (χ1) is 10.4. The lowest BCUT2D eigenvalue weighted by atomic mass is 9.85. The lowest BCUT2D eigenvalue weighted by Crippen LogP contribution is -2.49. The summed E-state index contributed by atoms with van der Waals surface area (Å²) in [5, 5.41) is 9.22. The van der Waals surface area contributed by atoms with Gasteiger partial charge in [-0.1, -0.05) is 0 Å². The molecule has 116 valence electrons. The van der Waals surface area contributed by atoms with Crippen LogP contribution in [-0.2, 0) is 10.2 Å². The Morgan fingerprint density at radius 2 is 2.00 bits per heavy atom. The van der Waals surface area contributed by atoms with Crippen LogP contribution in [-0.4, -0.2) is 36.1 Å². The fourth-order valence-corrected chi connectivity index (χ4v) is 3.31. The molecule has 1 aromatic carbocycles. The average molecular weight is 302 g/mol. The van der Waals surface area contributed by atoms with Gasteiger partial charge >= 0.3 is 0 Å². The average Bonchev–Trinajstić information content (AvgIpc) is 2.76. The monoisotopic (exact) mass is 302 g/mol. The molecule has 2 unspecified atom stereocenters. The fourth-order valence-electron chi connectivity index (χ4n) is 3.31. The Balaban J connectivity index is 1.94. The zero-order valence-electron chi connectivity index (χ0n) is 12.8. The van der Waals surface area contributed by atoms with Crippen LogP contribution < -0.4 is 0 Å². The fraction of sp³-hybridized carbons (Fsp3) is 0.529. The van der Waals surface area contributed by atoms with Gasteiger partial charge in [0.25, 0.3) is 5.91 Å². The highest BCUT2D eigenvalue weighted by Crippen LogP contribution is 2.32. The summed E-state index contributed by atoms with van der Waals surface area (Å²) in [4.78, 5) is 14.7. The number of carbonyl (C=O) groups is 1. The van der Waals surface area contributed by atoms with Crippen LogP contribution in [0.15, 0.2) is 18.2 Å². The number of nitriles is 1. The number of hydrogen-bond donors (Lipinski definition) is 0. The number of benzene rings is 1. The number of carbonyl (C=O) groups excluding carboxylic acids is 1. The van der Waals surface area contributed by atoms with E-state index < -0.39 is 11.2 Å². The normalized spacial score (nSPS) is 24.2. The van der Waals surface area contributed by atoms with E-state index in [1.165, 1.54) is 18.2 Å². The molecule has 0 aliphatic carbocycles. The molecule has 0 radical (unpaired) electrons. The van der Waals surface area contributed by atoms with Gasteiger partial charge in [0, 0.05) is 11.1 Å². The molecule has 0 N–H and O–H groups in total. The van der Waals surface area contributed by atoms with Crippen molar-refractivity contribution in [2.75, 3.05) is 13.2 Å². The zero-order valence-corrected chi connectivity index (χ0v) is 12.8. The highest BCUT2D eigenvalue weighted by Gasteiger charge is 2.40. The van der Waals surface area contributed by atoms with Crippen LogP contribution in [0.5, 0.6) is 0 Å². The third-order valence-electron chi connectivity index (χ3n) is 4.64. The number of fused-ring (bicyclic) bond motifs is 2. The molecule has 2 fully saturated rings. The molecular weight excluding hydrogens is 283 g/mol. The maximum Gasteiger partial charge on any atom is 0.254 e. The summed E-state index contributed by atoms with van der Waals surface area (Å²) in [6.45, 7) is 4.44. The SMILES string of the molecule is CC(C)(C#N)c1cc(C(=O)N2C3CCC2COC3)ccc1F. The van der Waals surface area contributed by atoms with Crippen molar-refractivity contribution in [2.45, 2.75) is 44.2 Å². The summed E-state index contributed by atoms with van der Waals surface area (Å²) >= 11 is 0. The van der Waals surface area contributed by atoms with Crippen LogP contribution in [0.1, 0.15) is 42.6 Å². The van der Waals surface area contributed by atoms with Gasteiger partial charge in [-0.05, 0) is 44.9 Å². The zero-order chi connectivity index (χ0) is 15.9. The van der Waals surface area contributed by atoms with Crippen molar-refractivity contribution in [1.82, 2.24) is 4.90 Å². The molecule has 3 rings (SSSR count). The molecule has 2 aliphatic heterocycles. The van der Waals surface area contributed by atoms with E-state index in [0.29, 0.717) is 18.8 Å². The topological polar surface area (TPSA) is 53.3 Å². The van der Waals surface area contributed by atoms with Crippen LogP contribution in [0.4, 0.5) is 4.39 Å². The Morgan fingerprint density at radius 3 is 2.59 bits per heavy atom. The standard InChI is InChI=1S/C17H19FN2O2/c1-17(2,10-19)14-7-11(3-6-15(14)18)16(21)20-12-4-5-13(20)9-22-8-12/h3,6-7,12-13H,4-5,8-9H2,1-2H3. The smallest absolute Gasteiger partial charge is 0.254 e. The van der Waals surface area contributed by atoms with Crippen LogP contribution >= 0.6 is 0 Å². The van der Waals surface area contributed by atoms with Gasteiger partial charge in [0.15, 0.2) is 0 Å². The minimum absolute atomic E-state index is 0.0919. The summed E-state index contributed by atoms with van der Waals surface area (Å²) in [5.74, 6) is -0.543. The van der Waals surface area contributed by atoms with Gasteiger partial charge in [-0.15, -0.1) is 0 Å². The van der Waals surface area contributed by atoms with Crippen molar-refractivity contribution in [3.63, 3.8) is 0 Å². The summed E-state index contributed by atoms with van der Waals surface area (Å²) in [5.41, 5.74) is -0.260. The van der Waals surface area contributed by atoms with E-state index in [4.69, 9.17) is 4.74 Å². The van der Waals surface area contributed by atoms with Crippen molar-refractivity contribution in [3.05, 3.63) is 35.1 Å². The van der Waals surface area contributed by atoms with Crippen LogP contribution in [0, 0.1) is 17.1 Å². The van der Waals surface area contributed by atoms with Gasteiger partial charge in [-0.25, -0.2) is 4.39 Å². The van der Waals surface area contributed by atoms with E-state index >= 15 is 0 Å². The van der Waals surface area contributed by atoms with E-state index in [9.17, 15) is 14.4 Å². The summed E-state index contributed by atoms with van der Waals surface area (Å²) in [6, 6.07) is 6.63.